The Morgan fingerprint density at radius 2 is 1.65 bits per heavy atom. The third-order valence-electron chi connectivity index (χ3n) is 6.33. The summed E-state index contributed by atoms with van der Waals surface area (Å²) in [4.78, 5) is 41.0. The van der Waals surface area contributed by atoms with Gasteiger partial charge in [0.25, 0.3) is 0 Å². The van der Waals surface area contributed by atoms with Gasteiger partial charge in [-0.15, -0.1) is 0 Å². The van der Waals surface area contributed by atoms with Crippen LogP contribution in [0, 0.1) is 11.8 Å². The Morgan fingerprint density at radius 1 is 1.06 bits per heavy atom. The van der Waals surface area contributed by atoms with Crippen LogP contribution in [0.3, 0.4) is 0 Å². The lowest BCUT2D eigenvalue weighted by atomic mass is 9.85. The normalized spacial score (nSPS) is 15.4. The van der Waals surface area contributed by atoms with E-state index in [9.17, 15) is 14.4 Å². The molecule has 1 aromatic carbocycles. The maximum atomic E-state index is 13.6. The van der Waals surface area contributed by atoms with Crippen LogP contribution in [0.2, 0.25) is 0 Å². The highest BCUT2D eigenvalue weighted by atomic mass is 16.5. The van der Waals surface area contributed by atoms with E-state index in [1.54, 1.807) is 38.9 Å². The van der Waals surface area contributed by atoms with Crippen LogP contribution in [0.5, 0.6) is 0 Å². The van der Waals surface area contributed by atoms with Gasteiger partial charge in [0.2, 0.25) is 11.8 Å². The fourth-order valence-corrected chi connectivity index (χ4v) is 4.12. The molecule has 0 radical (unpaired) electrons. The first kappa shape index (κ1) is 29.4. The summed E-state index contributed by atoms with van der Waals surface area (Å²) in [6.07, 6.45) is 2.29. The fourth-order valence-electron chi connectivity index (χ4n) is 4.12. The molecule has 0 saturated heterocycles. The maximum absolute atomic E-state index is 13.6. The van der Waals surface area contributed by atoms with Gasteiger partial charge in [-0.2, -0.15) is 0 Å². The second-order valence-corrected chi connectivity index (χ2v) is 9.32. The lowest BCUT2D eigenvalue weighted by molar-refractivity contribution is -0.140. The van der Waals surface area contributed by atoms with E-state index in [0.29, 0.717) is 18.6 Å². The number of nitrogens with zero attached hydrogens (tertiary/aromatic N) is 1. The number of benzene rings is 1. The number of nitrogens with one attached hydrogen (secondary N) is 2. The minimum Gasteiger partial charge on any atom is -0.463 e. The molecule has 0 spiro atoms. The third kappa shape index (κ3) is 6.92. The minimum absolute atomic E-state index is 0.0539. The first-order chi connectivity index (χ1) is 16.0. The van der Waals surface area contributed by atoms with Crippen LogP contribution in [0.4, 0.5) is 0 Å². The molecule has 1 aromatic rings. The second-order valence-electron chi connectivity index (χ2n) is 9.32. The number of hydrogen-bond donors (Lipinski definition) is 2. The van der Waals surface area contributed by atoms with Gasteiger partial charge in [0.1, 0.15) is 11.6 Å². The van der Waals surface area contributed by atoms with E-state index in [0.717, 1.165) is 5.56 Å². The topological polar surface area (TPSA) is 87.7 Å². The zero-order valence-corrected chi connectivity index (χ0v) is 22.3. The van der Waals surface area contributed by atoms with Crippen molar-refractivity contribution in [1.82, 2.24) is 15.5 Å². The molecule has 0 fully saturated rings. The number of rotatable bonds is 12. The summed E-state index contributed by atoms with van der Waals surface area (Å²) in [5.74, 6) is -0.929. The smallest absolute Gasteiger partial charge is 0.333 e. The number of ether oxygens (including phenoxy) is 1. The Hall–Kier alpha value is -2.67. The number of hydrogen-bond acceptors (Lipinski definition) is 5. The van der Waals surface area contributed by atoms with E-state index in [1.807, 2.05) is 65.0 Å². The van der Waals surface area contributed by atoms with Crippen molar-refractivity contribution in [3.8, 4) is 0 Å². The molecule has 0 aliphatic rings. The zero-order chi connectivity index (χ0) is 26.1. The molecule has 3 atom stereocenters. The summed E-state index contributed by atoms with van der Waals surface area (Å²) in [5.41, 5.74) is 0.342. The van der Waals surface area contributed by atoms with Gasteiger partial charge in [-0.1, -0.05) is 71.0 Å². The van der Waals surface area contributed by atoms with Gasteiger partial charge >= 0.3 is 5.97 Å². The Kier molecular flexibility index (Phi) is 11.5. The lowest BCUT2D eigenvalue weighted by Crippen LogP contribution is -2.60. The summed E-state index contributed by atoms with van der Waals surface area (Å²) in [6.45, 7) is 13.5. The van der Waals surface area contributed by atoms with E-state index >= 15 is 0 Å². The molecular weight excluding hydrogens is 430 g/mol. The van der Waals surface area contributed by atoms with Crippen molar-refractivity contribution in [2.75, 3.05) is 20.7 Å². The highest BCUT2D eigenvalue weighted by Crippen LogP contribution is 2.26. The van der Waals surface area contributed by atoms with E-state index < -0.39 is 17.6 Å². The monoisotopic (exact) mass is 473 g/mol. The molecule has 190 valence electrons. The van der Waals surface area contributed by atoms with Crippen LogP contribution in [0.25, 0.3) is 0 Å². The van der Waals surface area contributed by atoms with Gasteiger partial charge < -0.3 is 20.3 Å². The minimum atomic E-state index is -0.953. The number of esters is 1. The molecular formula is C27H43N3O4. The summed E-state index contributed by atoms with van der Waals surface area (Å²) in [6, 6.07) is 8.47. The van der Waals surface area contributed by atoms with Crippen LogP contribution in [0.1, 0.15) is 60.5 Å². The predicted molar refractivity (Wildman–Crippen MR) is 136 cm³/mol. The summed E-state index contributed by atoms with van der Waals surface area (Å²) in [5, 5.41) is 6.21. The molecule has 7 nitrogen and oxygen atoms in total. The molecule has 0 aliphatic carbocycles. The summed E-state index contributed by atoms with van der Waals surface area (Å²) >= 11 is 0. The van der Waals surface area contributed by atoms with E-state index in [1.165, 1.54) is 0 Å². The average molecular weight is 474 g/mol. The van der Waals surface area contributed by atoms with Gasteiger partial charge in [-0.05, 0) is 44.7 Å². The Labute approximate surface area is 205 Å². The van der Waals surface area contributed by atoms with Gasteiger partial charge in [-0.3, -0.25) is 9.59 Å². The number of amides is 2. The quantitative estimate of drug-likeness (QED) is 0.357. The number of carbonyl (C=O) groups is 3. The molecule has 2 N–H and O–H groups in total. The lowest BCUT2D eigenvalue weighted by Gasteiger charge is -2.37. The first-order valence-electron chi connectivity index (χ1n) is 12.1. The van der Waals surface area contributed by atoms with Crippen LogP contribution in [0.15, 0.2) is 42.0 Å². The molecule has 0 bridgehead atoms. The summed E-state index contributed by atoms with van der Waals surface area (Å²) < 4.78 is 5.09. The molecule has 7 heteroatoms. The van der Waals surface area contributed by atoms with Crippen molar-refractivity contribution in [2.45, 2.75) is 72.5 Å². The van der Waals surface area contributed by atoms with Crippen molar-refractivity contribution >= 4 is 17.8 Å². The zero-order valence-electron chi connectivity index (χ0n) is 22.3. The van der Waals surface area contributed by atoms with Crippen LogP contribution >= 0.6 is 0 Å². The largest absolute Gasteiger partial charge is 0.463 e. The van der Waals surface area contributed by atoms with E-state index in [4.69, 9.17) is 4.74 Å². The van der Waals surface area contributed by atoms with Gasteiger partial charge in [0, 0.05) is 12.6 Å². The van der Waals surface area contributed by atoms with Crippen molar-refractivity contribution in [3.63, 3.8) is 0 Å². The summed E-state index contributed by atoms with van der Waals surface area (Å²) in [7, 11) is 3.47. The first-order valence-corrected chi connectivity index (χ1v) is 12.1. The highest BCUT2D eigenvalue weighted by Gasteiger charge is 2.40. The average Bonchev–Trinajstić information content (AvgIpc) is 2.81. The molecule has 0 aromatic heterocycles. The van der Waals surface area contributed by atoms with Crippen molar-refractivity contribution in [3.05, 3.63) is 47.5 Å². The second kappa shape index (κ2) is 13.3. The fraction of sp³-hybridized carbons (Fsp3) is 0.593. The van der Waals surface area contributed by atoms with Crippen LogP contribution in [-0.4, -0.2) is 55.5 Å². The molecule has 34 heavy (non-hydrogen) atoms. The Morgan fingerprint density at radius 3 is 2.09 bits per heavy atom. The van der Waals surface area contributed by atoms with Gasteiger partial charge in [0.05, 0.1) is 12.6 Å². The third-order valence-corrected chi connectivity index (χ3v) is 6.33. The Balaban J connectivity index is 3.25. The SMILES string of the molecule is CCOC(=O)/C(C)=C/[C@H](C(C)C)N(C)C(=O)C(NC(=O)C(CC)(NC)c1ccccc1)C(C)C. The van der Waals surface area contributed by atoms with E-state index in [-0.39, 0.29) is 29.7 Å². The number of carbonyl (C=O) groups excluding carboxylic acids is 3. The molecule has 0 heterocycles. The molecule has 0 saturated carbocycles. The predicted octanol–water partition coefficient (Wildman–Crippen LogP) is 3.64. The van der Waals surface area contributed by atoms with Crippen molar-refractivity contribution in [2.24, 2.45) is 11.8 Å². The molecule has 0 aliphatic heterocycles. The van der Waals surface area contributed by atoms with E-state index in [2.05, 4.69) is 10.6 Å². The molecule has 1 rings (SSSR count). The van der Waals surface area contributed by atoms with Gasteiger partial charge in [-0.25, -0.2) is 4.79 Å². The van der Waals surface area contributed by atoms with Crippen LogP contribution < -0.4 is 10.6 Å². The van der Waals surface area contributed by atoms with Gasteiger partial charge in [0.15, 0.2) is 0 Å². The maximum Gasteiger partial charge on any atom is 0.333 e. The molecule has 2 unspecified atom stereocenters. The molecule has 2 amide bonds. The Bertz CT molecular complexity index is 845. The highest BCUT2D eigenvalue weighted by molar-refractivity contribution is 5.93. The van der Waals surface area contributed by atoms with Crippen LogP contribution in [-0.2, 0) is 24.7 Å². The van der Waals surface area contributed by atoms with Crippen molar-refractivity contribution in [1.29, 1.82) is 0 Å². The van der Waals surface area contributed by atoms with Crippen molar-refractivity contribution < 1.29 is 19.1 Å². The standard InChI is InChI=1S/C27H43N3O4/c1-10-27(28-8,21-15-13-12-14-16-21)26(33)29-23(19(5)6)24(31)30(9)22(18(3)4)17-20(7)25(32)34-11-2/h12-19,22-23,28H,10-11H2,1-9H3,(H,29,33)/b20-17+/t22-,23?,27?/m1/s1. The number of likely N-dealkylation sites (N-methyl/N-ethyl adjacent to an activating group) is 2.